The fourth-order valence-electron chi connectivity index (χ4n) is 1.06. The van der Waals surface area contributed by atoms with Gasteiger partial charge >= 0.3 is 0 Å². The number of rotatable bonds is 4. The standard InChI is InChI=1S/C8H14N4O/c1-6(13-10-2)3-7-4-8(9)12-5-11-7/h4-6,10H,3H2,1-2H3,(H2,9,11,12). The molecule has 5 heteroatoms. The van der Waals surface area contributed by atoms with E-state index in [2.05, 4.69) is 15.4 Å². The highest BCUT2D eigenvalue weighted by Crippen LogP contribution is 2.03. The Labute approximate surface area is 77.3 Å². The molecule has 0 aliphatic carbocycles. The number of nitrogens with zero attached hydrogens (tertiary/aromatic N) is 2. The third-order valence-corrected chi connectivity index (χ3v) is 1.56. The Morgan fingerprint density at radius 1 is 1.62 bits per heavy atom. The van der Waals surface area contributed by atoms with Gasteiger partial charge in [-0.25, -0.2) is 15.4 Å². The Bertz CT molecular complexity index is 266. The van der Waals surface area contributed by atoms with Gasteiger partial charge in [0.1, 0.15) is 12.1 Å². The Morgan fingerprint density at radius 3 is 3.00 bits per heavy atom. The Morgan fingerprint density at radius 2 is 2.38 bits per heavy atom. The van der Waals surface area contributed by atoms with Crippen LogP contribution >= 0.6 is 0 Å². The van der Waals surface area contributed by atoms with Crippen LogP contribution in [0.1, 0.15) is 12.6 Å². The number of aromatic nitrogens is 2. The van der Waals surface area contributed by atoms with Gasteiger partial charge in [0.2, 0.25) is 0 Å². The topological polar surface area (TPSA) is 73.1 Å². The van der Waals surface area contributed by atoms with Crippen molar-refractivity contribution in [3.05, 3.63) is 18.1 Å². The molecule has 1 heterocycles. The van der Waals surface area contributed by atoms with Crippen molar-refractivity contribution < 1.29 is 4.84 Å². The van der Waals surface area contributed by atoms with E-state index < -0.39 is 0 Å². The minimum absolute atomic E-state index is 0.0688. The molecule has 72 valence electrons. The minimum atomic E-state index is 0.0688. The SMILES string of the molecule is CNOC(C)Cc1cc(N)ncn1. The summed E-state index contributed by atoms with van der Waals surface area (Å²) in [4.78, 5) is 13.0. The summed E-state index contributed by atoms with van der Waals surface area (Å²) in [6, 6.07) is 1.75. The first-order chi connectivity index (χ1) is 6.22. The minimum Gasteiger partial charge on any atom is -0.384 e. The summed E-state index contributed by atoms with van der Waals surface area (Å²) in [5.74, 6) is 0.488. The lowest BCUT2D eigenvalue weighted by Gasteiger charge is -2.10. The molecule has 0 saturated heterocycles. The largest absolute Gasteiger partial charge is 0.384 e. The molecule has 1 atom stereocenters. The van der Waals surface area contributed by atoms with Crippen LogP contribution in [0.5, 0.6) is 0 Å². The van der Waals surface area contributed by atoms with Crippen LogP contribution < -0.4 is 11.2 Å². The molecule has 0 aliphatic heterocycles. The van der Waals surface area contributed by atoms with Gasteiger partial charge in [-0.1, -0.05) is 0 Å². The third kappa shape index (κ3) is 3.35. The smallest absolute Gasteiger partial charge is 0.126 e. The van der Waals surface area contributed by atoms with Crippen molar-refractivity contribution in [3.63, 3.8) is 0 Å². The molecule has 1 aromatic heterocycles. The maximum Gasteiger partial charge on any atom is 0.126 e. The van der Waals surface area contributed by atoms with E-state index >= 15 is 0 Å². The maximum absolute atomic E-state index is 5.50. The fraction of sp³-hybridized carbons (Fsp3) is 0.500. The van der Waals surface area contributed by atoms with E-state index in [0.717, 1.165) is 5.69 Å². The van der Waals surface area contributed by atoms with E-state index in [9.17, 15) is 0 Å². The first kappa shape index (κ1) is 9.88. The molecule has 0 saturated carbocycles. The fourth-order valence-corrected chi connectivity index (χ4v) is 1.06. The van der Waals surface area contributed by atoms with Crippen LogP contribution in [0.4, 0.5) is 5.82 Å². The van der Waals surface area contributed by atoms with Crippen LogP contribution in [0.3, 0.4) is 0 Å². The summed E-state index contributed by atoms with van der Waals surface area (Å²) >= 11 is 0. The zero-order valence-electron chi connectivity index (χ0n) is 7.82. The van der Waals surface area contributed by atoms with Crippen LogP contribution in [-0.2, 0) is 11.3 Å². The van der Waals surface area contributed by atoms with Gasteiger partial charge < -0.3 is 5.73 Å². The van der Waals surface area contributed by atoms with E-state index in [0.29, 0.717) is 12.2 Å². The predicted molar refractivity (Wildman–Crippen MR) is 49.8 cm³/mol. The highest BCUT2D eigenvalue weighted by molar-refractivity contribution is 5.27. The molecular formula is C8H14N4O. The van der Waals surface area contributed by atoms with Crippen molar-refractivity contribution in [3.8, 4) is 0 Å². The predicted octanol–water partition coefficient (Wildman–Crippen LogP) is 0.141. The molecule has 3 N–H and O–H groups in total. The highest BCUT2D eigenvalue weighted by Gasteiger charge is 2.04. The zero-order valence-corrected chi connectivity index (χ0v) is 7.82. The number of hydrogen-bond acceptors (Lipinski definition) is 5. The molecule has 0 radical (unpaired) electrons. The molecule has 0 bridgehead atoms. The molecule has 1 unspecified atom stereocenters. The summed E-state index contributed by atoms with van der Waals surface area (Å²) in [6.07, 6.45) is 2.24. The summed E-state index contributed by atoms with van der Waals surface area (Å²) in [5, 5.41) is 0. The number of nitrogen functional groups attached to an aromatic ring is 1. The Balaban J connectivity index is 2.53. The molecule has 13 heavy (non-hydrogen) atoms. The normalized spacial score (nSPS) is 12.8. The van der Waals surface area contributed by atoms with Crippen molar-refractivity contribution in [1.82, 2.24) is 15.4 Å². The Kier molecular flexibility index (Phi) is 3.60. The average Bonchev–Trinajstić information content (AvgIpc) is 2.04. The van der Waals surface area contributed by atoms with E-state index in [1.807, 2.05) is 6.92 Å². The van der Waals surface area contributed by atoms with E-state index in [-0.39, 0.29) is 6.10 Å². The van der Waals surface area contributed by atoms with Crippen LogP contribution in [0.15, 0.2) is 12.4 Å². The van der Waals surface area contributed by atoms with Crippen LogP contribution in [0.2, 0.25) is 0 Å². The number of hydroxylamine groups is 1. The van der Waals surface area contributed by atoms with Gasteiger partial charge in [0, 0.05) is 25.2 Å². The second-order valence-electron chi connectivity index (χ2n) is 2.77. The van der Waals surface area contributed by atoms with Crippen molar-refractivity contribution in [2.75, 3.05) is 12.8 Å². The van der Waals surface area contributed by atoms with Gasteiger partial charge in [-0.15, -0.1) is 0 Å². The van der Waals surface area contributed by atoms with Crippen molar-refractivity contribution >= 4 is 5.82 Å². The van der Waals surface area contributed by atoms with Crippen molar-refractivity contribution in [1.29, 1.82) is 0 Å². The highest BCUT2D eigenvalue weighted by atomic mass is 16.7. The third-order valence-electron chi connectivity index (χ3n) is 1.56. The number of nitrogens with one attached hydrogen (secondary N) is 1. The Hall–Kier alpha value is -1.20. The summed E-state index contributed by atoms with van der Waals surface area (Å²) in [5.41, 5.74) is 9.01. The lowest BCUT2D eigenvalue weighted by atomic mass is 10.2. The second kappa shape index (κ2) is 4.74. The molecule has 5 nitrogen and oxygen atoms in total. The van der Waals surface area contributed by atoms with Gasteiger partial charge in [-0.05, 0) is 6.92 Å². The lowest BCUT2D eigenvalue weighted by molar-refractivity contribution is -0.00108. The molecule has 0 fully saturated rings. The first-order valence-corrected chi connectivity index (χ1v) is 4.11. The maximum atomic E-state index is 5.50. The van der Waals surface area contributed by atoms with Gasteiger partial charge in [0.15, 0.2) is 0 Å². The summed E-state index contributed by atoms with van der Waals surface area (Å²) in [6.45, 7) is 1.95. The first-order valence-electron chi connectivity index (χ1n) is 4.11. The van der Waals surface area contributed by atoms with Crippen molar-refractivity contribution in [2.24, 2.45) is 0 Å². The average molecular weight is 182 g/mol. The van der Waals surface area contributed by atoms with E-state index in [1.54, 1.807) is 13.1 Å². The van der Waals surface area contributed by atoms with Crippen LogP contribution in [-0.4, -0.2) is 23.1 Å². The molecule has 0 aliphatic rings. The number of nitrogens with two attached hydrogens (primary N) is 1. The lowest BCUT2D eigenvalue weighted by Crippen LogP contribution is -2.20. The monoisotopic (exact) mass is 182 g/mol. The zero-order chi connectivity index (χ0) is 9.68. The summed E-state index contributed by atoms with van der Waals surface area (Å²) in [7, 11) is 1.73. The molecule has 0 aromatic carbocycles. The molecular weight excluding hydrogens is 168 g/mol. The second-order valence-corrected chi connectivity index (χ2v) is 2.77. The quantitative estimate of drug-likeness (QED) is 0.648. The van der Waals surface area contributed by atoms with Gasteiger partial charge in [0.25, 0.3) is 0 Å². The summed E-state index contributed by atoms with van der Waals surface area (Å²) < 4.78 is 0. The van der Waals surface area contributed by atoms with Gasteiger partial charge in [0.05, 0.1) is 6.10 Å². The number of anilines is 1. The van der Waals surface area contributed by atoms with Gasteiger partial charge in [-0.2, -0.15) is 0 Å². The van der Waals surface area contributed by atoms with Gasteiger partial charge in [-0.3, -0.25) is 4.84 Å². The van der Waals surface area contributed by atoms with Crippen LogP contribution in [0.25, 0.3) is 0 Å². The molecule has 0 spiro atoms. The molecule has 1 rings (SSSR count). The van der Waals surface area contributed by atoms with E-state index in [1.165, 1.54) is 6.33 Å². The van der Waals surface area contributed by atoms with Crippen molar-refractivity contribution in [2.45, 2.75) is 19.4 Å². The molecule has 0 amide bonds. The van der Waals surface area contributed by atoms with E-state index in [4.69, 9.17) is 10.6 Å². The number of hydrogen-bond donors (Lipinski definition) is 2. The molecule has 1 aromatic rings. The van der Waals surface area contributed by atoms with Crippen LogP contribution in [0, 0.1) is 0 Å².